The number of aldehydes is 1. The highest BCUT2D eigenvalue weighted by molar-refractivity contribution is 5.80. The van der Waals surface area contributed by atoms with Crippen LogP contribution in [0.2, 0.25) is 0 Å². The van der Waals surface area contributed by atoms with Crippen LogP contribution in [0.1, 0.15) is 46.1 Å². The summed E-state index contributed by atoms with van der Waals surface area (Å²) < 4.78 is 5.17. The topological polar surface area (TPSA) is 97.4 Å². The van der Waals surface area contributed by atoms with Crippen LogP contribution >= 0.6 is 0 Å². The molecular weight excluding hydrogens is 334 g/mol. The molecule has 0 aliphatic carbocycles. The van der Waals surface area contributed by atoms with Crippen molar-refractivity contribution in [2.75, 3.05) is 0 Å². The number of hydrogen-bond donors (Lipinski definition) is 2. The lowest BCUT2D eigenvalue weighted by Crippen LogP contribution is -2.45. The third-order valence-electron chi connectivity index (χ3n) is 3.84. The molecular formula is C19H29N3O4. The van der Waals surface area contributed by atoms with Crippen molar-refractivity contribution in [2.24, 2.45) is 11.8 Å². The maximum atomic E-state index is 12.2. The third kappa shape index (κ3) is 8.60. The minimum Gasteiger partial charge on any atom is -0.445 e. The van der Waals surface area contributed by atoms with Crippen molar-refractivity contribution in [3.8, 4) is 0 Å². The molecule has 0 aliphatic rings. The van der Waals surface area contributed by atoms with Gasteiger partial charge < -0.3 is 20.2 Å². The molecule has 0 spiro atoms. The Labute approximate surface area is 154 Å². The first kappa shape index (κ1) is 21.6. The summed E-state index contributed by atoms with van der Waals surface area (Å²) >= 11 is 0. The molecule has 0 bridgehead atoms. The summed E-state index contributed by atoms with van der Waals surface area (Å²) in [7, 11) is 0. The van der Waals surface area contributed by atoms with Gasteiger partial charge in [-0.2, -0.15) is 0 Å². The molecule has 1 aromatic heterocycles. The fraction of sp³-hybridized carbons (Fsp3) is 0.579. The molecule has 1 aromatic rings. The van der Waals surface area contributed by atoms with E-state index in [1.54, 1.807) is 18.5 Å². The summed E-state index contributed by atoms with van der Waals surface area (Å²) in [6.07, 6.45) is 4.09. The minimum absolute atomic E-state index is 0.0338. The normalized spacial score (nSPS) is 13.2. The number of hydrogen-bond acceptors (Lipinski definition) is 5. The van der Waals surface area contributed by atoms with Crippen molar-refractivity contribution in [3.63, 3.8) is 0 Å². The first-order valence-corrected chi connectivity index (χ1v) is 8.88. The van der Waals surface area contributed by atoms with Crippen LogP contribution in [0.25, 0.3) is 0 Å². The van der Waals surface area contributed by atoms with Gasteiger partial charge in [0.1, 0.15) is 12.9 Å². The molecule has 0 fully saturated rings. The van der Waals surface area contributed by atoms with Crippen LogP contribution in [0, 0.1) is 11.8 Å². The van der Waals surface area contributed by atoms with Crippen LogP contribution in [0.4, 0.5) is 4.79 Å². The summed E-state index contributed by atoms with van der Waals surface area (Å²) in [6.45, 7) is 7.90. The molecule has 7 nitrogen and oxygen atoms in total. The molecule has 0 saturated heterocycles. The van der Waals surface area contributed by atoms with E-state index < -0.39 is 12.1 Å². The van der Waals surface area contributed by atoms with E-state index in [4.69, 9.17) is 4.74 Å². The zero-order valence-corrected chi connectivity index (χ0v) is 15.9. The highest BCUT2D eigenvalue weighted by Gasteiger charge is 2.22. The second kappa shape index (κ2) is 11.2. The van der Waals surface area contributed by atoms with E-state index in [0.29, 0.717) is 12.3 Å². The van der Waals surface area contributed by atoms with E-state index in [1.165, 1.54) is 0 Å². The van der Waals surface area contributed by atoms with Gasteiger partial charge in [-0.3, -0.25) is 9.78 Å². The van der Waals surface area contributed by atoms with E-state index in [9.17, 15) is 14.4 Å². The molecule has 2 N–H and O–H groups in total. The molecule has 2 atom stereocenters. The predicted octanol–water partition coefficient (Wildman–Crippen LogP) is 2.45. The Balaban J connectivity index is 2.50. The molecule has 1 heterocycles. The lowest BCUT2D eigenvalue weighted by molar-refractivity contribution is -0.124. The highest BCUT2D eigenvalue weighted by Crippen LogP contribution is 2.09. The van der Waals surface area contributed by atoms with Gasteiger partial charge in [-0.1, -0.05) is 33.8 Å². The Morgan fingerprint density at radius 2 is 1.96 bits per heavy atom. The highest BCUT2D eigenvalue weighted by atomic mass is 16.5. The molecule has 0 radical (unpaired) electrons. The Morgan fingerprint density at radius 1 is 1.23 bits per heavy atom. The van der Waals surface area contributed by atoms with Gasteiger partial charge in [-0.25, -0.2) is 4.79 Å². The summed E-state index contributed by atoms with van der Waals surface area (Å²) in [5, 5.41) is 5.43. The van der Waals surface area contributed by atoms with Crippen molar-refractivity contribution >= 4 is 18.3 Å². The molecule has 0 saturated carbocycles. The molecule has 0 unspecified atom stereocenters. The van der Waals surface area contributed by atoms with E-state index in [-0.39, 0.29) is 30.9 Å². The van der Waals surface area contributed by atoms with Gasteiger partial charge in [0.25, 0.3) is 0 Å². The molecule has 26 heavy (non-hydrogen) atoms. The number of alkyl carbamates (subject to hydrolysis) is 1. The Bertz CT molecular complexity index is 575. The van der Waals surface area contributed by atoms with Gasteiger partial charge in [0.05, 0.1) is 6.04 Å². The number of aromatic nitrogens is 1. The Kier molecular flexibility index (Phi) is 9.33. The van der Waals surface area contributed by atoms with Gasteiger partial charge in [-0.15, -0.1) is 0 Å². The van der Waals surface area contributed by atoms with Gasteiger partial charge in [-0.05, 0) is 24.3 Å². The first-order chi connectivity index (χ1) is 12.3. The lowest BCUT2D eigenvalue weighted by Gasteiger charge is -2.23. The number of rotatable bonds is 10. The second-order valence-corrected chi connectivity index (χ2v) is 7.08. The largest absolute Gasteiger partial charge is 0.445 e. The number of pyridine rings is 1. The fourth-order valence-corrected chi connectivity index (χ4v) is 2.40. The number of nitrogens with zero attached hydrogens (tertiary/aromatic N) is 1. The van der Waals surface area contributed by atoms with Crippen molar-refractivity contribution in [3.05, 3.63) is 30.1 Å². The molecule has 2 amide bonds. The smallest absolute Gasteiger partial charge is 0.407 e. The number of carbonyl (C=O) groups excluding carboxylic acids is 3. The van der Waals surface area contributed by atoms with E-state index in [2.05, 4.69) is 15.6 Å². The van der Waals surface area contributed by atoms with E-state index in [0.717, 1.165) is 11.8 Å². The van der Waals surface area contributed by atoms with Crippen LogP contribution in [0.5, 0.6) is 0 Å². The first-order valence-electron chi connectivity index (χ1n) is 8.88. The standard InChI is InChI=1S/C19H29N3O4/c1-13(2)8-16(11-23)21-18(24)9-17(14(3)4)22-19(25)26-12-15-6-5-7-20-10-15/h5-7,10-11,13-14,16-17H,8-9,12H2,1-4H3,(H,21,24)(H,22,25)/t16-,17-/m0/s1. The van der Waals surface area contributed by atoms with Crippen molar-refractivity contribution in [1.29, 1.82) is 0 Å². The zero-order valence-electron chi connectivity index (χ0n) is 15.9. The average Bonchev–Trinajstić information content (AvgIpc) is 2.59. The second-order valence-electron chi connectivity index (χ2n) is 7.08. The van der Waals surface area contributed by atoms with Crippen LogP contribution in [0.15, 0.2) is 24.5 Å². The quantitative estimate of drug-likeness (QED) is 0.622. The van der Waals surface area contributed by atoms with Gasteiger partial charge in [0.15, 0.2) is 0 Å². The number of nitrogens with one attached hydrogen (secondary N) is 2. The van der Waals surface area contributed by atoms with Gasteiger partial charge >= 0.3 is 6.09 Å². The maximum Gasteiger partial charge on any atom is 0.407 e. The summed E-state index contributed by atoms with van der Waals surface area (Å²) in [5.74, 6) is 0.0625. The van der Waals surface area contributed by atoms with Crippen LogP contribution in [0.3, 0.4) is 0 Å². The van der Waals surface area contributed by atoms with Crippen LogP contribution in [-0.2, 0) is 20.9 Å². The Morgan fingerprint density at radius 3 is 2.50 bits per heavy atom. The van der Waals surface area contributed by atoms with E-state index in [1.807, 2.05) is 33.8 Å². The molecule has 0 aromatic carbocycles. The van der Waals surface area contributed by atoms with Crippen molar-refractivity contribution in [1.82, 2.24) is 15.6 Å². The van der Waals surface area contributed by atoms with Gasteiger partial charge in [0, 0.05) is 30.4 Å². The maximum absolute atomic E-state index is 12.2. The summed E-state index contributed by atoms with van der Waals surface area (Å²) in [4.78, 5) is 39.2. The van der Waals surface area contributed by atoms with Crippen molar-refractivity contribution in [2.45, 2.75) is 59.2 Å². The molecule has 7 heteroatoms. The monoisotopic (exact) mass is 363 g/mol. The summed E-state index contributed by atoms with van der Waals surface area (Å²) in [6, 6.07) is 2.68. The number of ether oxygens (including phenoxy) is 1. The van der Waals surface area contributed by atoms with Crippen LogP contribution < -0.4 is 10.6 Å². The minimum atomic E-state index is -0.588. The van der Waals surface area contributed by atoms with Crippen molar-refractivity contribution < 1.29 is 19.1 Å². The predicted molar refractivity (Wildman–Crippen MR) is 98.3 cm³/mol. The number of carbonyl (C=O) groups is 3. The Hall–Kier alpha value is -2.44. The lowest BCUT2D eigenvalue weighted by atomic mass is 10.00. The summed E-state index contributed by atoms with van der Waals surface area (Å²) in [5.41, 5.74) is 0.781. The van der Waals surface area contributed by atoms with E-state index >= 15 is 0 Å². The molecule has 144 valence electrons. The average molecular weight is 363 g/mol. The molecule has 1 rings (SSSR count). The molecule has 0 aliphatic heterocycles. The fourth-order valence-electron chi connectivity index (χ4n) is 2.40. The van der Waals surface area contributed by atoms with Gasteiger partial charge in [0.2, 0.25) is 5.91 Å². The SMILES string of the molecule is CC(C)C[C@@H](C=O)NC(=O)C[C@H](NC(=O)OCc1cccnc1)C(C)C. The third-order valence-corrected chi connectivity index (χ3v) is 3.84. The zero-order chi connectivity index (χ0) is 19.5. The van der Waals surface area contributed by atoms with Crippen LogP contribution in [-0.4, -0.2) is 35.4 Å². The number of amides is 2.